The molecule has 2 aliphatic rings. The van der Waals surface area contributed by atoms with Gasteiger partial charge in [0.1, 0.15) is 0 Å². The van der Waals surface area contributed by atoms with Crippen molar-refractivity contribution in [3.05, 3.63) is 17.5 Å². The predicted molar refractivity (Wildman–Crippen MR) is 105 cm³/mol. The second kappa shape index (κ2) is 8.83. The van der Waals surface area contributed by atoms with Gasteiger partial charge in [0.05, 0.1) is 6.20 Å². The average molecular weight is 364 g/mol. The van der Waals surface area contributed by atoms with Crippen LogP contribution in [-0.2, 0) is 13.6 Å². The highest BCUT2D eigenvalue weighted by atomic mass is 16.3. The summed E-state index contributed by atoms with van der Waals surface area (Å²) >= 11 is 0. The van der Waals surface area contributed by atoms with E-state index in [-0.39, 0.29) is 6.61 Å². The minimum atomic E-state index is 0.283. The van der Waals surface area contributed by atoms with Crippen LogP contribution in [0.4, 0.5) is 0 Å². The molecule has 148 valence electrons. The molecule has 2 fully saturated rings. The average Bonchev–Trinajstić information content (AvgIpc) is 2.94. The summed E-state index contributed by atoms with van der Waals surface area (Å²) in [5.74, 6) is 0. The lowest BCUT2D eigenvalue weighted by molar-refractivity contribution is -0.0000832. The second-order valence-electron chi connectivity index (χ2n) is 8.38. The number of aliphatic hydroxyl groups excluding tert-OH is 1. The van der Waals surface area contributed by atoms with Crippen molar-refractivity contribution in [1.82, 2.24) is 24.5 Å². The summed E-state index contributed by atoms with van der Waals surface area (Å²) in [5, 5.41) is 14.0. The molecule has 2 saturated heterocycles. The molecule has 0 bridgehead atoms. The Morgan fingerprint density at radius 2 is 1.92 bits per heavy atom. The van der Waals surface area contributed by atoms with Crippen molar-refractivity contribution in [2.45, 2.75) is 64.7 Å². The van der Waals surface area contributed by atoms with Crippen LogP contribution in [0.5, 0.6) is 0 Å². The topological polar surface area (TPSA) is 47.8 Å². The number of nitrogens with zero attached hydrogens (tertiary/aromatic N) is 5. The number of aryl methyl sites for hydroxylation is 1. The fraction of sp³-hybridized carbons (Fsp3) is 0.850. The maximum Gasteiger partial charge on any atom is 0.0537 e. The van der Waals surface area contributed by atoms with Crippen LogP contribution in [0.1, 0.15) is 44.4 Å². The molecular formula is C20H37N5O. The van der Waals surface area contributed by atoms with Crippen molar-refractivity contribution in [2.75, 3.05) is 39.3 Å². The van der Waals surface area contributed by atoms with Gasteiger partial charge in [-0.1, -0.05) is 0 Å². The fourth-order valence-corrected chi connectivity index (χ4v) is 4.64. The normalized spacial score (nSPS) is 24.6. The summed E-state index contributed by atoms with van der Waals surface area (Å²) in [6.45, 7) is 13.7. The van der Waals surface area contributed by atoms with E-state index in [4.69, 9.17) is 0 Å². The van der Waals surface area contributed by atoms with E-state index >= 15 is 0 Å². The lowest BCUT2D eigenvalue weighted by Crippen LogP contribution is -2.58. The first-order chi connectivity index (χ1) is 12.5. The van der Waals surface area contributed by atoms with E-state index in [1.54, 1.807) is 0 Å². The third kappa shape index (κ3) is 4.47. The molecule has 1 aromatic heterocycles. The maximum absolute atomic E-state index is 9.61. The van der Waals surface area contributed by atoms with Gasteiger partial charge in [0.2, 0.25) is 0 Å². The summed E-state index contributed by atoms with van der Waals surface area (Å²) in [6.07, 6.45) is 5.42. The molecule has 0 radical (unpaired) electrons. The van der Waals surface area contributed by atoms with Crippen LogP contribution in [0.25, 0.3) is 0 Å². The van der Waals surface area contributed by atoms with Gasteiger partial charge in [0.15, 0.2) is 0 Å². The molecule has 1 aromatic rings. The van der Waals surface area contributed by atoms with E-state index in [9.17, 15) is 5.11 Å². The van der Waals surface area contributed by atoms with Gasteiger partial charge in [-0.2, -0.15) is 5.10 Å². The summed E-state index contributed by atoms with van der Waals surface area (Å²) in [6, 6.07) is 1.81. The van der Waals surface area contributed by atoms with Gasteiger partial charge in [0.25, 0.3) is 0 Å². The highest BCUT2D eigenvalue weighted by Crippen LogP contribution is 2.25. The van der Waals surface area contributed by atoms with E-state index in [0.29, 0.717) is 18.1 Å². The Morgan fingerprint density at radius 1 is 1.19 bits per heavy atom. The Bertz CT molecular complexity index is 565. The van der Waals surface area contributed by atoms with Crippen LogP contribution in [-0.4, -0.2) is 87.0 Å². The first-order valence-corrected chi connectivity index (χ1v) is 10.3. The second-order valence-corrected chi connectivity index (χ2v) is 8.38. The van der Waals surface area contributed by atoms with E-state index in [1.807, 2.05) is 17.9 Å². The van der Waals surface area contributed by atoms with Gasteiger partial charge in [-0.3, -0.25) is 14.5 Å². The van der Waals surface area contributed by atoms with Gasteiger partial charge in [0, 0.05) is 69.2 Å². The summed E-state index contributed by atoms with van der Waals surface area (Å²) in [5.41, 5.74) is 2.58. The molecule has 1 unspecified atom stereocenters. The van der Waals surface area contributed by atoms with E-state index < -0.39 is 0 Å². The van der Waals surface area contributed by atoms with Gasteiger partial charge in [-0.05, 0) is 53.1 Å². The van der Waals surface area contributed by atoms with Crippen LogP contribution < -0.4 is 0 Å². The highest BCUT2D eigenvalue weighted by molar-refractivity contribution is 5.15. The SMILES string of the molecule is Cc1c(CN2CCN(C3CCN(C(C)C)CC3)C(CCO)C2)cnn1C. The Morgan fingerprint density at radius 3 is 2.50 bits per heavy atom. The molecule has 0 spiro atoms. The van der Waals surface area contributed by atoms with Crippen molar-refractivity contribution < 1.29 is 5.11 Å². The van der Waals surface area contributed by atoms with Crippen LogP contribution in [0.15, 0.2) is 6.20 Å². The van der Waals surface area contributed by atoms with Crippen LogP contribution >= 0.6 is 0 Å². The Hall–Kier alpha value is -0.950. The molecule has 0 saturated carbocycles. The Balaban J connectivity index is 1.59. The first-order valence-electron chi connectivity index (χ1n) is 10.3. The van der Waals surface area contributed by atoms with Gasteiger partial charge in [-0.15, -0.1) is 0 Å². The molecule has 0 aromatic carbocycles. The van der Waals surface area contributed by atoms with Gasteiger partial charge in [-0.25, -0.2) is 0 Å². The zero-order chi connectivity index (χ0) is 18.7. The molecule has 0 aliphatic carbocycles. The first kappa shape index (κ1) is 19.8. The molecule has 26 heavy (non-hydrogen) atoms. The molecule has 6 heteroatoms. The van der Waals surface area contributed by atoms with Gasteiger partial charge >= 0.3 is 0 Å². The van der Waals surface area contributed by atoms with Crippen LogP contribution in [0.2, 0.25) is 0 Å². The molecule has 3 heterocycles. The summed E-state index contributed by atoms with van der Waals surface area (Å²) in [4.78, 5) is 7.85. The van der Waals surface area contributed by atoms with E-state index in [2.05, 4.69) is 40.6 Å². The number of piperidine rings is 1. The number of hydrogen-bond acceptors (Lipinski definition) is 5. The smallest absolute Gasteiger partial charge is 0.0537 e. The van der Waals surface area contributed by atoms with Crippen molar-refractivity contribution in [3.63, 3.8) is 0 Å². The number of rotatable bonds is 6. The summed E-state index contributed by atoms with van der Waals surface area (Å²) in [7, 11) is 2.01. The number of aromatic nitrogens is 2. The number of aliphatic hydroxyl groups is 1. The standard InChI is InChI=1S/C20H37N5O/c1-16(2)24-8-5-19(6-9-24)25-11-10-23(15-20(25)7-12-26)14-18-13-21-22(4)17(18)3/h13,16,19-20,26H,5-12,14-15H2,1-4H3. The highest BCUT2D eigenvalue weighted by Gasteiger charge is 2.34. The largest absolute Gasteiger partial charge is 0.396 e. The van der Waals surface area contributed by atoms with Crippen LogP contribution in [0, 0.1) is 6.92 Å². The quantitative estimate of drug-likeness (QED) is 0.829. The lowest BCUT2D eigenvalue weighted by atomic mass is 9.97. The predicted octanol–water partition coefficient (Wildman–Crippen LogP) is 1.47. The van der Waals surface area contributed by atoms with Crippen molar-refractivity contribution in [3.8, 4) is 0 Å². The summed E-state index contributed by atoms with van der Waals surface area (Å²) < 4.78 is 1.96. The monoisotopic (exact) mass is 363 g/mol. The molecule has 1 atom stereocenters. The minimum absolute atomic E-state index is 0.283. The minimum Gasteiger partial charge on any atom is -0.396 e. The van der Waals surface area contributed by atoms with Crippen molar-refractivity contribution in [2.24, 2.45) is 7.05 Å². The molecule has 2 aliphatic heterocycles. The lowest BCUT2D eigenvalue weighted by Gasteiger charge is -2.48. The number of hydrogen-bond donors (Lipinski definition) is 1. The Kier molecular flexibility index (Phi) is 6.72. The molecule has 1 N–H and O–H groups in total. The molecule has 6 nitrogen and oxygen atoms in total. The van der Waals surface area contributed by atoms with Crippen molar-refractivity contribution >= 4 is 0 Å². The number of piperazine rings is 1. The maximum atomic E-state index is 9.61. The van der Waals surface area contributed by atoms with E-state index in [0.717, 1.165) is 32.6 Å². The van der Waals surface area contributed by atoms with Crippen molar-refractivity contribution in [1.29, 1.82) is 0 Å². The molecule has 0 amide bonds. The molecule has 3 rings (SSSR count). The van der Waals surface area contributed by atoms with E-state index in [1.165, 1.54) is 37.2 Å². The Labute approximate surface area is 158 Å². The zero-order valence-electron chi connectivity index (χ0n) is 17.1. The third-order valence-electron chi connectivity index (χ3n) is 6.50. The fourth-order valence-electron chi connectivity index (χ4n) is 4.64. The zero-order valence-corrected chi connectivity index (χ0v) is 17.1. The van der Waals surface area contributed by atoms with Gasteiger partial charge < -0.3 is 10.0 Å². The molecular weight excluding hydrogens is 326 g/mol. The van der Waals surface area contributed by atoms with Crippen LogP contribution in [0.3, 0.4) is 0 Å². The number of likely N-dealkylation sites (tertiary alicyclic amines) is 1. The third-order valence-corrected chi connectivity index (χ3v) is 6.50.